The quantitative estimate of drug-likeness (QED) is 0.399. The predicted molar refractivity (Wildman–Crippen MR) is 66.4 cm³/mol. The third kappa shape index (κ3) is 8.74. The van der Waals surface area contributed by atoms with Gasteiger partial charge < -0.3 is 15.3 Å². The fraction of sp³-hybridized carbons (Fsp3) is 0.846. The first-order valence-corrected chi connectivity index (χ1v) is 6.36. The van der Waals surface area contributed by atoms with Crippen molar-refractivity contribution in [2.24, 2.45) is 0 Å². The summed E-state index contributed by atoms with van der Waals surface area (Å²) in [4.78, 5) is 0. The Kier molecular flexibility index (Phi) is 10.6. The lowest BCUT2D eigenvalue weighted by molar-refractivity contribution is 0.141. The summed E-state index contributed by atoms with van der Waals surface area (Å²) in [6.07, 6.45) is 9.15. The summed E-state index contributed by atoms with van der Waals surface area (Å²) < 4.78 is 0. The van der Waals surface area contributed by atoms with Crippen LogP contribution in [0.2, 0.25) is 0 Å². The normalized spacial score (nSPS) is 14.1. The Morgan fingerprint density at radius 1 is 1.00 bits per heavy atom. The van der Waals surface area contributed by atoms with Gasteiger partial charge in [0, 0.05) is 6.61 Å². The molecule has 0 fully saturated rings. The van der Waals surface area contributed by atoms with Gasteiger partial charge in [-0.2, -0.15) is 0 Å². The van der Waals surface area contributed by atoms with Crippen molar-refractivity contribution in [3.8, 4) is 0 Å². The molecule has 0 saturated carbocycles. The molecule has 0 rings (SSSR count). The first-order valence-electron chi connectivity index (χ1n) is 6.36. The Bertz CT molecular complexity index is 178. The predicted octanol–water partition coefficient (Wildman–Crippen LogP) is 2.92. The standard InChI is InChI=1S/C13H26O3/c1-2-12(15)13(16)10-8-6-4-3-5-7-9-11-14/h2,13-16H,3-11H2,1H3. The van der Waals surface area contributed by atoms with Gasteiger partial charge >= 0.3 is 0 Å². The first kappa shape index (κ1) is 15.5. The Labute approximate surface area is 98.8 Å². The highest BCUT2D eigenvalue weighted by Crippen LogP contribution is 2.12. The van der Waals surface area contributed by atoms with Gasteiger partial charge in [0.05, 0.1) is 0 Å². The van der Waals surface area contributed by atoms with E-state index in [2.05, 4.69) is 0 Å². The van der Waals surface area contributed by atoms with E-state index in [1.165, 1.54) is 19.3 Å². The second kappa shape index (κ2) is 11.0. The Morgan fingerprint density at radius 3 is 2.00 bits per heavy atom. The average molecular weight is 230 g/mol. The smallest absolute Gasteiger partial charge is 0.116 e. The van der Waals surface area contributed by atoms with Crippen LogP contribution in [-0.4, -0.2) is 28.0 Å². The summed E-state index contributed by atoms with van der Waals surface area (Å²) in [6.45, 7) is 2.02. The van der Waals surface area contributed by atoms with Gasteiger partial charge in [-0.05, 0) is 25.8 Å². The summed E-state index contributed by atoms with van der Waals surface area (Å²) in [6, 6.07) is 0. The summed E-state index contributed by atoms with van der Waals surface area (Å²) in [5, 5.41) is 27.2. The van der Waals surface area contributed by atoms with E-state index in [4.69, 9.17) is 5.11 Å². The van der Waals surface area contributed by atoms with Gasteiger partial charge in [0.15, 0.2) is 0 Å². The molecular weight excluding hydrogens is 204 g/mol. The van der Waals surface area contributed by atoms with E-state index in [1.54, 1.807) is 13.0 Å². The van der Waals surface area contributed by atoms with Crippen LogP contribution in [0.4, 0.5) is 0 Å². The molecule has 0 spiro atoms. The Hall–Kier alpha value is -0.540. The van der Waals surface area contributed by atoms with E-state index in [-0.39, 0.29) is 5.76 Å². The summed E-state index contributed by atoms with van der Waals surface area (Å²) in [7, 11) is 0. The summed E-state index contributed by atoms with van der Waals surface area (Å²) >= 11 is 0. The molecule has 0 radical (unpaired) electrons. The molecule has 0 saturated heterocycles. The molecule has 0 aromatic carbocycles. The molecule has 1 unspecified atom stereocenters. The summed E-state index contributed by atoms with van der Waals surface area (Å²) in [5.74, 6) is 0.0861. The lowest BCUT2D eigenvalue weighted by Crippen LogP contribution is -2.09. The van der Waals surface area contributed by atoms with Gasteiger partial charge in [0.1, 0.15) is 11.9 Å². The maximum absolute atomic E-state index is 9.44. The number of unbranched alkanes of at least 4 members (excludes halogenated alkanes) is 6. The molecule has 3 heteroatoms. The fourth-order valence-electron chi connectivity index (χ4n) is 1.67. The van der Waals surface area contributed by atoms with Crippen molar-refractivity contribution in [3.63, 3.8) is 0 Å². The molecule has 0 aliphatic heterocycles. The monoisotopic (exact) mass is 230 g/mol. The van der Waals surface area contributed by atoms with Crippen molar-refractivity contribution in [3.05, 3.63) is 11.8 Å². The SMILES string of the molecule is CC=C(O)C(O)CCCCCCCCCO. The molecule has 0 amide bonds. The highest BCUT2D eigenvalue weighted by molar-refractivity contribution is 4.94. The van der Waals surface area contributed by atoms with E-state index in [0.717, 1.165) is 25.7 Å². The van der Waals surface area contributed by atoms with E-state index in [9.17, 15) is 10.2 Å². The number of hydrogen-bond donors (Lipinski definition) is 3. The zero-order valence-electron chi connectivity index (χ0n) is 10.4. The molecule has 0 aliphatic rings. The highest BCUT2D eigenvalue weighted by atomic mass is 16.3. The van der Waals surface area contributed by atoms with Gasteiger partial charge in [0.25, 0.3) is 0 Å². The van der Waals surface area contributed by atoms with Crippen molar-refractivity contribution in [1.82, 2.24) is 0 Å². The van der Waals surface area contributed by atoms with Gasteiger partial charge in [-0.25, -0.2) is 0 Å². The van der Waals surface area contributed by atoms with Crippen LogP contribution in [0.1, 0.15) is 58.3 Å². The van der Waals surface area contributed by atoms with Crippen LogP contribution in [0, 0.1) is 0 Å². The molecule has 16 heavy (non-hydrogen) atoms. The van der Waals surface area contributed by atoms with E-state index >= 15 is 0 Å². The third-order valence-corrected chi connectivity index (χ3v) is 2.77. The van der Waals surface area contributed by atoms with E-state index < -0.39 is 6.10 Å². The van der Waals surface area contributed by atoms with Crippen LogP contribution in [0.25, 0.3) is 0 Å². The van der Waals surface area contributed by atoms with Gasteiger partial charge in [-0.15, -0.1) is 0 Å². The van der Waals surface area contributed by atoms with Crippen LogP contribution < -0.4 is 0 Å². The number of aliphatic hydroxyl groups excluding tert-OH is 3. The third-order valence-electron chi connectivity index (χ3n) is 2.77. The molecule has 1 atom stereocenters. The van der Waals surface area contributed by atoms with Crippen molar-refractivity contribution in [2.75, 3.05) is 6.61 Å². The number of rotatable bonds is 10. The molecule has 0 aromatic rings. The molecule has 0 aromatic heterocycles. The number of allylic oxidation sites excluding steroid dienone is 1. The first-order chi connectivity index (χ1) is 7.72. The van der Waals surface area contributed by atoms with Crippen LogP contribution in [0.3, 0.4) is 0 Å². The second-order valence-corrected chi connectivity index (χ2v) is 4.22. The fourth-order valence-corrected chi connectivity index (χ4v) is 1.67. The minimum Gasteiger partial charge on any atom is -0.510 e. The van der Waals surface area contributed by atoms with Crippen molar-refractivity contribution in [1.29, 1.82) is 0 Å². The molecule has 0 aliphatic carbocycles. The average Bonchev–Trinajstić information content (AvgIpc) is 2.31. The van der Waals surface area contributed by atoms with Crippen molar-refractivity contribution >= 4 is 0 Å². The summed E-state index contributed by atoms with van der Waals surface area (Å²) in [5.41, 5.74) is 0. The lowest BCUT2D eigenvalue weighted by atomic mass is 10.1. The Balaban J connectivity index is 3.21. The minimum atomic E-state index is -0.681. The van der Waals surface area contributed by atoms with Crippen LogP contribution >= 0.6 is 0 Å². The topological polar surface area (TPSA) is 60.7 Å². The van der Waals surface area contributed by atoms with Gasteiger partial charge in [0.2, 0.25) is 0 Å². The molecule has 3 nitrogen and oxygen atoms in total. The number of hydrogen-bond acceptors (Lipinski definition) is 3. The Morgan fingerprint density at radius 2 is 1.50 bits per heavy atom. The lowest BCUT2D eigenvalue weighted by Gasteiger charge is -2.08. The maximum atomic E-state index is 9.44. The van der Waals surface area contributed by atoms with Crippen molar-refractivity contribution in [2.45, 2.75) is 64.4 Å². The van der Waals surface area contributed by atoms with Gasteiger partial charge in [-0.1, -0.05) is 38.5 Å². The zero-order chi connectivity index (χ0) is 12.2. The van der Waals surface area contributed by atoms with Crippen LogP contribution in [0.5, 0.6) is 0 Å². The van der Waals surface area contributed by atoms with Crippen LogP contribution in [0.15, 0.2) is 11.8 Å². The largest absolute Gasteiger partial charge is 0.510 e. The molecule has 3 N–H and O–H groups in total. The molecule has 0 heterocycles. The highest BCUT2D eigenvalue weighted by Gasteiger charge is 2.06. The molecule has 96 valence electrons. The van der Waals surface area contributed by atoms with Crippen LogP contribution in [-0.2, 0) is 0 Å². The van der Waals surface area contributed by atoms with Gasteiger partial charge in [-0.3, -0.25) is 0 Å². The molecular formula is C13H26O3. The minimum absolute atomic E-state index is 0.0861. The molecule has 0 bridgehead atoms. The second-order valence-electron chi connectivity index (χ2n) is 4.22. The maximum Gasteiger partial charge on any atom is 0.116 e. The van der Waals surface area contributed by atoms with E-state index in [0.29, 0.717) is 13.0 Å². The zero-order valence-corrected chi connectivity index (χ0v) is 10.4. The van der Waals surface area contributed by atoms with E-state index in [1.807, 2.05) is 0 Å². The number of aliphatic hydroxyl groups is 3. The van der Waals surface area contributed by atoms with Crippen molar-refractivity contribution < 1.29 is 15.3 Å².